The monoisotopic (exact) mass is 265 g/mol. The van der Waals surface area contributed by atoms with Gasteiger partial charge in [0, 0.05) is 4.47 Å². The van der Waals surface area contributed by atoms with Crippen LogP contribution in [0.5, 0.6) is 0 Å². The quantitative estimate of drug-likeness (QED) is 0.879. The second kappa shape index (κ2) is 4.33. The van der Waals surface area contributed by atoms with Gasteiger partial charge in [0.1, 0.15) is 6.10 Å². The lowest BCUT2D eigenvalue weighted by Crippen LogP contribution is -2.34. The van der Waals surface area contributed by atoms with Gasteiger partial charge in [-0.3, -0.25) is 0 Å². The zero-order valence-corrected chi connectivity index (χ0v) is 8.84. The van der Waals surface area contributed by atoms with Gasteiger partial charge in [0.15, 0.2) is 0 Å². The molecule has 1 unspecified atom stereocenters. The number of aliphatic hydroxyl groups is 1. The van der Waals surface area contributed by atoms with E-state index in [2.05, 4.69) is 15.9 Å². The highest BCUT2D eigenvalue weighted by molar-refractivity contribution is 9.10. The summed E-state index contributed by atoms with van der Waals surface area (Å²) in [6, 6.07) is 6.03. The number of benzene rings is 1. The fourth-order valence-electron chi connectivity index (χ4n) is 1.00. The minimum atomic E-state index is -3.28. The fraction of sp³-hybridized carbons (Fsp3) is 0.333. The van der Waals surface area contributed by atoms with Gasteiger partial charge in [-0.15, -0.1) is 0 Å². The summed E-state index contributed by atoms with van der Waals surface area (Å²) in [5.74, 6) is -3.28. The van der Waals surface area contributed by atoms with E-state index >= 15 is 0 Å². The molecule has 3 N–H and O–H groups in total. The number of hydrogen-bond acceptors (Lipinski definition) is 2. The Morgan fingerprint density at radius 1 is 1.36 bits per heavy atom. The SMILES string of the molecule is NCC(F)(F)C(O)c1ccc(Br)cc1. The van der Waals surface area contributed by atoms with Crippen LogP contribution in [0.1, 0.15) is 11.7 Å². The molecule has 1 rings (SSSR count). The summed E-state index contributed by atoms with van der Waals surface area (Å²) in [6.07, 6.45) is -1.85. The standard InChI is InChI=1S/C9H10BrF2NO/c10-7-3-1-6(2-4-7)8(14)9(11,12)5-13/h1-4,8,14H,5,13H2. The molecule has 0 amide bonds. The summed E-state index contributed by atoms with van der Waals surface area (Å²) >= 11 is 3.17. The minimum absolute atomic E-state index is 0.156. The highest BCUT2D eigenvalue weighted by Gasteiger charge is 2.37. The van der Waals surface area contributed by atoms with Crippen LogP contribution in [0.25, 0.3) is 0 Å². The lowest BCUT2D eigenvalue weighted by Gasteiger charge is -2.20. The highest BCUT2D eigenvalue weighted by atomic mass is 79.9. The summed E-state index contributed by atoms with van der Waals surface area (Å²) in [4.78, 5) is 0. The van der Waals surface area contributed by atoms with Crippen LogP contribution < -0.4 is 5.73 Å². The number of hydrogen-bond donors (Lipinski definition) is 2. The maximum atomic E-state index is 12.9. The largest absolute Gasteiger partial charge is 0.382 e. The van der Waals surface area contributed by atoms with Gasteiger partial charge in [0.05, 0.1) is 6.54 Å². The van der Waals surface area contributed by atoms with E-state index in [0.717, 1.165) is 4.47 Å². The molecule has 1 aromatic carbocycles. The van der Waals surface area contributed by atoms with E-state index in [4.69, 9.17) is 5.73 Å². The van der Waals surface area contributed by atoms with E-state index < -0.39 is 18.6 Å². The van der Waals surface area contributed by atoms with Crippen LogP contribution in [0.2, 0.25) is 0 Å². The third-order valence-electron chi connectivity index (χ3n) is 1.86. The molecule has 14 heavy (non-hydrogen) atoms. The first-order valence-electron chi connectivity index (χ1n) is 3.99. The molecule has 0 aliphatic rings. The molecule has 5 heteroatoms. The Balaban J connectivity index is 2.89. The summed E-state index contributed by atoms with van der Waals surface area (Å²) in [6.45, 7) is -0.871. The number of halogens is 3. The molecule has 0 aliphatic heterocycles. The van der Waals surface area contributed by atoms with Crippen molar-refractivity contribution in [2.45, 2.75) is 12.0 Å². The Morgan fingerprint density at radius 3 is 2.29 bits per heavy atom. The zero-order valence-electron chi connectivity index (χ0n) is 7.25. The Hall–Kier alpha value is -0.520. The molecule has 1 aromatic rings. The Kier molecular flexibility index (Phi) is 3.58. The number of nitrogens with two attached hydrogens (primary N) is 1. The number of alkyl halides is 2. The Morgan fingerprint density at radius 2 is 1.86 bits per heavy atom. The summed E-state index contributed by atoms with van der Waals surface area (Å²) < 4.78 is 26.7. The van der Waals surface area contributed by atoms with E-state index in [1.165, 1.54) is 12.1 Å². The van der Waals surface area contributed by atoms with Crippen LogP contribution in [0.15, 0.2) is 28.7 Å². The number of aliphatic hydroxyl groups excluding tert-OH is 1. The van der Waals surface area contributed by atoms with Crippen LogP contribution >= 0.6 is 15.9 Å². The van der Waals surface area contributed by atoms with Crippen molar-refractivity contribution in [1.82, 2.24) is 0 Å². The van der Waals surface area contributed by atoms with Gasteiger partial charge in [-0.05, 0) is 17.7 Å². The van der Waals surface area contributed by atoms with Gasteiger partial charge >= 0.3 is 0 Å². The zero-order chi connectivity index (χ0) is 10.8. The summed E-state index contributed by atoms with van der Waals surface area (Å²) in [5.41, 5.74) is 5.01. The van der Waals surface area contributed by atoms with E-state index in [-0.39, 0.29) is 5.56 Å². The molecular formula is C9H10BrF2NO. The predicted octanol–water partition coefficient (Wildman–Crippen LogP) is 2.08. The third kappa shape index (κ3) is 2.50. The van der Waals surface area contributed by atoms with Gasteiger partial charge in [-0.2, -0.15) is 0 Å². The van der Waals surface area contributed by atoms with Gasteiger partial charge in [-0.25, -0.2) is 8.78 Å². The molecule has 0 fully saturated rings. The minimum Gasteiger partial charge on any atom is -0.382 e. The van der Waals surface area contributed by atoms with E-state index in [1.54, 1.807) is 12.1 Å². The summed E-state index contributed by atoms with van der Waals surface area (Å²) in [7, 11) is 0. The fourth-order valence-corrected chi connectivity index (χ4v) is 1.26. The van der Waals surface area contributed by atoms with E-state index in [1.807, 2.05) is 0 Å². The third-order valence-corrected chi connectivity index (χ3v) is 2.39. The van der Waals surface area contributed by atoms with Crippen LogP contribution in [-0.2, 0) is 0 Å². The van der Waals surface area contributed by atoms with Gasteiger partial charge < -0.3 is 10.8 Å². The van der Waals surface area contributed by atoms with Crippen LogP contribution in [0.3, 0.4) is 0 Å². The average Bonchev–Trinajstić information content (AvgIpc) is 2.18. The maximum absolute atomic E-state index is 12.9. The predicted molar refractivity (Wildman–Crippen MR) is 53.1 cm³/mol. The van der Waals surface area contributed by atoms with Crippen molar-refractivity contribution in [1.29, 1.82) is 0 Å². The van der Waals surface area contributed by atoms with Crippen molar-refractivity contribution >= 4 is 15.9 Å². The molecule has 0 heterocycles. The van der Waals surface area contributed by atoms with Crippen molar-refractivity contribution in [2.75, 3.05) is 6.54 Å². The molecule has 0 saturated heterocycles. The normalized spacial score (nSPS) is 14.1. The van der Waals surface area contributed by atoms with Crippen LogP contribution in [0.4, 0.5) is 8.78 Å². The van der Waals surface area contributed by atoms with Crippen molar-refractivity contribution in [3.05, 3.63) is 34.3 Å². The molecule has 0 radical (unpaired) electrons. The second-order valence-electron chi connectivity index (χ2n) is 2.92. The number of rotatable bonds is 3. The summed E-state index contributed by atoms with van der Waals surface area (Å²) in [5, 5.41) is 9.29. The van der Waals surface area contributed by atoms with Crippen molar-refractivity contribution in [3.8, 4) is 0 Å². The average molecular weight is 266 g/mol. The molecule has 0 saturated carbocycles. The van der Waals surface area contributed by atoms with Gasteiger partial charge in [0.25, 0.3) is 5.92 Å². The van der Waals surface area contributed by atoms with Crippen molar-refractivity contribution in [3.63, 3.8) is 0 Å². The molecule has 0 bridgehead atoms. The molecule has 1 atom stereocenters. The Bertz CT molecular complexity index is 302. The van der Waals surface area contributed by atoms with Crippen molar-refractivity contribution in [2.24, 2.45) is 5.73 Å². The first kappa shape index (κ1) is 11.6. The molecule has 0 aromatic heterocycles. The van der Waals surface area contributed by atoms with Crippen LogP contribution in [-0.4, -0.2) is 17.6 Å². The lowest BCUT2D eigenvalue weighted by molar-refractivity contribution is -0.102. The molecule has 2 nitrogen and oxygen atoms in total. The molecular weight excluding hydrogens is 256 g/mol. The second-order valence-corrected chi connectivity index (χ2v) is 3.83. The first-order chi connectivity index (χ1) is 6.47. The van der Waals surface area contributed by atoms with Gasteiger partial charge in [0.2, 0.25) is 0 Å². The Labute approximate surface area is 88.9 Å². The van der Waals surface area contributed by atoms with Gasteiger partial charge in [-0.1, -0.05) is 28.1 Å². The topological polar surface area (TPSA) is 46.2 Å². The molecule has 78 valence electrons. The van der Waals surface area contributed by atoms with E-state index in [0.29, 0.717) is 0 Å². The smallest absolute Gasteiger partial charge is 0.289 e. The van der Waals surface area contributed by atoms with Crippen molar-refractivity contribution < 1.29 is 13.9 Å². The van der Waals surface area contributed by atoms with Crippen LogP contribution in [0, 0.1) is 0 Å². The molecule has 0 spiro atoms. The van der Waals surface area contributed by atoms with E-state index in [9.17, 15) is 13.9 Å². The lowest BCUT2D eigenvalue weighted by atomic mass is 10.0. The first-order valence-corrected chi connectivity index (χ1v) is 4.78. The highest BCUT2D eigenvalue weighted by Crippen LogP contribution is 2.30. The molecule has 0 aliphatic carbocycles. The maximum Gasteiger partial charge on any atom is 0.289 e.